The first-order valence-corrected chi connectivity index (χ1v) is 12.2. The summed E-state index contributed by atoms with van der Waals surface area (Å²) in [5.41, 5.74) is 5.60. The topological polar surface area (TPSA) is 58.2 Å². The van der Waals surface area contributed by atoms with Crippen molar-refractivity contribution in [2.45, 2.75) is 36.7 Å². The molecule has 0 bridgehead atoms. The molecule has 0 saturated heterocycles. The Hall–Kier alpha value is -2.89. The lowest BCUT2D eigenvalue weighted by atomic mass is 9.76. The molecule has 3 unspecified atom stereocenters. The standard InChI is InChI=1S/C26H26N2O2S/c1-18-8-5-6-11-21(18)26-23-13-7-12-22(23)24-16-20(14-15-25(24)28-26)31(29,30)27-17-19-9-3-2-4-10-19/h2-12,14-16,22-23,26-28H,13,17H2,1H3. The molecule has 0 fully saturated rings. The number of fused-ring (bicyclic) bond motifs is 3. The summed E-state index contributed by atoms with van der Waals surface area (Å²) in [5, 5.41) is 3.71. The number of rotatable bonds is 5. The maximum Gasteiger partial charge on any atom is 0.240 e. The van der Waals surface area contributed by atoms with Gasteiger partial charge in [0.1, 0.15) is 0 Å². The molecule has 0 saturated carbocycles. The molecular formula is C26H26N2O2S. The summed E-state index contributed by atoms with van der Waals surface area (Å²) in [5.74, 6) is 0.592. The number of allylic oxidation sites excluding steroid dienone is 2. The fourth-order valence-electron chi connectivity index (χ4n) is 4.84. The first kappa shape index (κ1) is 20.0. The van der Waals surface area contributed by atoms with Crippen LogP contribution in [0, 0.1) is 12.8 Å². The fourth-order valence-corrected chi connectivity index (χ4v) is 5.89. The third-order valence-electron chi connectivity index (χ3n) is 6.48. The minimum absolute atomic E-state index is 0.213. The molecule has 0 amide bonds. The molecule has 1 heterocycles. The molecule has 3 atom stereocenters. The van der Waals surface area contributed by atoms with Gasteiger partial charge in [-0.2, -0.15) is 0 Å². The summed E-state index contributed by atoms with van der Waals surface area (Å²) in [6, 6.07) is 23.7. The Bertz CT molecular complexity index is 1240. The zero-order valence-corrected chi connectivity index (χ0v) is 18.3. The smallest absolute Gasteiger partial charge is 0.240 e. The number of aryl methyl sites for hydroxylation is 1. The van der Waals surface area contributed by atoms with Gasteiger partial charge in [-0.3, -0.25) is 0 Å². The van der Waals surface area contributed by atoms with E-state index in [9.17, 15) is 8.42 Å². The maximum absolute atomic E-state index is 13.0. The van der Waals surface area contributed by atoms with Crippen molar-refractivity contribution < 1.29 is 8.42 Å². The van der Waals surface area contributed by atoms with Gasteiger partial charge in [-0.25, -0.2) is 13.1 Å². The van der Waals surface area contributed by atoms with Crippen molar-refractivity contribution in [2.24, 2.45) is 5.92 Å². The lowest BCUT2D eigenvalue weighted by molar-refractivity contribution is 0.424. The average Bonchev–Trinajstić information content (AvgIpc) is 3.28. The summed E-state index contributed by atoms with van der Waals surface area (Å²) in [4.78, 5) is 0.317. The van der Waals surface area contributed by atoms with Crippen LogP contribution >= 0.6 is 0 Å². The molecule has 2 N–H and O–H groups in total. The van der Waals surface area contributed by atoms with Crippen molar-refractivity contribution in [3.05, 3.63) is 107 Å². The van der Waals surface area contributed by atoms with Crippen LogP contribution in [0.25, 0.3) is 0 Å². The van der Waals surface area contributed by atoms with Gasteiger partial charge in [0, 0.05) is 18.2 Å². The quantitative estimate of drug-likeness (QED) is 0.540. The van der Waals surface area contributed by atoms with E-state index >= 15 is 0 Å². The number of nitrogens with one attached hydrogen (secondary N) is 2. The summed E-state index contributed by atoms with van der Waals surface area (Å²) >= 11 is 0. The van der Waals surface area contributed by atoms with Crippen molar-refractivity contribution in [1.29, 1.82) is 0 Å². The molecule has 1 aliphatic heterocycles. The Morgan fingerprint density at radius 2 is 1.74 bits per heavy atom. The van der Waals surface area contributed by atoms with Gasteiger partial charge in [0.2, 0.25) is 10.0 Å². The van der Waals surface area contributed by atoms with Crippen LogP contribution in [0.2, 0.25) is 0 Å². The van der Waals surface area contributed by atoms with Gasteiger partial charge in [0.25, 0.3) is 0 Å². The second kappa shape index (κ2) is 7.98. The van der Waals surface area contributed by atoms with E-state index in [1.54, 1.807) is 6.07 Å². The van der Waals surface area contributed by atoms with Gasteiger partial charge in [0.15, 0.2) is 0 Å². The highest BCUT2D eigenvalue weighted by molar-refractivity contribution is 7.89. The van der Waals surface area contributed by atoms with Gasteiger partial charge < -0.3 is 5.32 Å². The monoisotopic (exact) mass is 430 g/mol. The van der Waals surface area contributed by atoms with Crippen LogP contribution < -0.4 is 10.0 Å². The molecular weight excluding hydrogens is 404 g/mol. The third-order valence-corrected chi connectivity index (χ3v) is 7.88. The number of hydrogen-bond donors (Lipinski definition) is 2. The van der Waals surface area contributed by atoms with Gasteiger partial charge in [0.05, 0.1) is 10.9 Å². The molecule has 3 aromatic carbocycles. The van der Waals surface area contributed by atoms with E-state index in [1.165, 1.54) is 11.1 Å². The number of benzene rings is 3. The second-order valence-corrected chi connectivity index (χ2v) is 10.2. The Morgan fingerprint density at radius 1 is 0.968 bits per heavy atom. The molecule has 1 aliphatic carbocycles. The van der Waals surface area contributed by atoms with E-state index in [-0.39, 0.29) is 18.5 Å². The highest BCUT2D eigenvalue weighted by Crippen LogP contribution is 2.50. The van der Waals surface area contributed by atoms with Gasteiger partial charge in [-0.05, 0) is 59.7 Å². The van der Waals surface area contributed by atoms with Crippen LogP contribution in [0.15, 0.2) is 89.8 Å². The molecule has 0 radical (unpaired) electrons. The largest absolute Gasteiger partial charge is 0.378 e. The fraction of sp³-hybridized carbons (Fsp3) is 0.231. The average molecular weight is 431 g/mol. The molecule has 0 spiro atoms. The predicted octanol–water partition coefficient (Wildman–Crippen LogP) is 5.30. The molecule has 5 rings (SSSR count). The van der Waals surface area contributed by atoms with Crippen molar-refractivity contribution in [1.82, 2.24) is 4.72 Å². The van der Waals surface area contributed by atoms with Crippen molar-refractivity contribution >= 4 is 15.7 Å². The summed E-state index contributed by atoms with van der Waals surface area (Å²) in [7, 11) is -3.59. The van der Waals surface area contributed by atoms with Gasteiger partial charge in [-0.1, -0.05) is 66.7 Å². The van der Waals surface area contributed by atoms with E-state index in [0.29, 0.717) is 10.8 Å². The Labute approximate surface area is 184 Å². The van der Waals surface area contributed by atoms with Gasteiger partial charge >= 0.3 is 0 Å². The highest BCUT2D eigenvalue weighted by atomic mass is 32.2. The second-order valence-electron chi connectivity index (χ2n) is 8.39. The van der Waals surface area contributed by atoms with Crippen LogP contribution in [0.3, 0.4) is 0 Å². The molecule has 3 aromatic rings. The molecule has 0 aromatic heterocycles. The first-order chi connectivity index (χ1) is 15.0. The van der Waals surface area contributed by atoms with Crippen LogP contribution in [0.1, 0.15) is 40.6 Å². The summed E-state index contributed by atoms with van der Waals surface area (Å²) in [6.45, 7) is 2.43. The SMILES string of the molecule is Cc1ccccc1C1Nc2ccc(S(=O)(=O)NCc3ccccc3)cc2C2C=CCC21. The summed E-state index contributed by atoms with van der Waals surface area (Å²) in [6.07, 6.45) is 5.45. The predicted molar refractivity (Wildman–Crippen MR) is 124 cm³/mol. The minimum Gasteiger partial charge on any atom is -0.378 e. The van der Waals surface area contributed by atoms with Crippen LogP contribution in [-0.4, -0.2) is 8.42 Å². The number of sulfonamides is 1. The zero-order valence-electron chi connectivity index (χ0n) is 17.5. The maximum atomic E-state index is 13.0. The number of hydrogen-bond acceptors (Lipinski definition) is 3. The minimum atomic E-state index is -3.59. The van der Waals surface area contributed by atoms with Crippen molar-refractivity contribution in [3.8, 4) is 0 Å². The molecule has 5 heteroatoms. The molecule has 2 aliphatic rings. The molecule has 4 nitrogen and oxygen atoms in total. The van der Waals surface area contributed by atoms with Crippen LogP contribution in [-0.2, 0) is 16.6 Å². The van der Waals surface area contributed by atoms with Crippen molar-refractivity contribution in [3.63, 3.8) is 0 Å². The van der Waals surface area contributed by atoms with Crippen LogP contribution in [0.5, 0.6) is 0 Å². The van der Waals surface area contributed by atoms with E-state index in [2.05, 4.69) is 53.4 Å². The normalized spacial score (nSPS) is 21.9. The van der Waals surface area contributed by atoms with E-state index in [4.69, 9.17) is 0 Å². The van der Waals surface area contributed by atoms with E-state index < -0.39 is 10.0 Å². The number of anilines is 1. The molecule has 31 heavy (non-hydrogen) atoms. The Kier molecular flexibility index (Phi) is 5.16. The summed E-state index contributed by atoms with van der Waals surface area (Å²) < 4.78 is 28.7. The Morgan fingerprint density at radius 3 is 2.55 bits per heavy atom. The lowest BCUT2D eigenvalue weighted by Crippen LogP contribution is -2.30. The lowest BCUT2D eigenvalue weighted by Gasteiger charge is -2.38. The van der Waals surface area contributed by atoms with Gasteiger partial charge in [-0.15, -0.1) is 0 Å². The Balaban J connectivity index is 1.45. The zero-order chi connectivity index (χ0) is 21.4. The first-order valence-electron chi connectivity index (χ1n) is 10.7. The van der Waals surface area contributed by atoms with Crippen LogP contribution in [0.4, 0.5) is 5.69 Å². The third kappa shape index (κ3) is 3.80. The molecule has 158 valence electrons. The van der Waals surface area contributed by atoms with E-state index in [1.807, 2.05) is 42.5 Å². The highest BCUT2D eigenvalue weighted by Gasteiger charge is 2.38. The van der Waals surface area contributed by atoms with E-state index in [0.717, 1.165) is 23.2 Å². The van der Waals surface area contributed by atoms with Crippen molar-refractivity contribution in [2.75, 3.05) is 5.32 Å².